The van der Waals surface area contributed by atoms with E-state index in [1.54, 1.807) is 11.3 Å². The average Bonchev–Trinajstić information content (AvgIpc) is 2.87. The number of rotatable bonds is 4. The zero-order valence-corrected chi connectivity index (χ0v) is 13.0. The van der Waals surface area contributed by atoms with Crippen LogP contribution in [0.2, 0.25) is 0 Å². The predicted molar refractivity (Wildman–Crippen MR) is 77.9 cm³/mol. The molecule has 0 saturated carbocycles. The Hall–Kier alpha value is -1.34. The quantitative estimate of drug-likeness (QED) is 0.942. The van der Waals surface area contributed by atoms with Gasteiger partial charge in [-0.1, -0.05) is 25.2 Å². The van der Waals surface area contributed by atoms with Crippen molar-refractivity contribution < 1.29 is 4.79 Å². The first-order valence-electron chi connectivity index (χ1n) is 6.02. The van der Waals surface area contributed by atoms with Crippen LogP contribution in [0.1, 0.15) is 40.4 Å². The van der Waals surface area contributed by atoms with Crippen molar-refractivity contribution in [3.63, 3.8) is 0 Å². The van der Waals surface area contributed by atoms with Gasteiger partial charge in [-0.05, 0) is 13.8 Å². The lowest BCUT2D eigenvalue weighted by Crippen LogP contribution is -2.14. The highest BCUT2D eigenvalue weighted by molar-refractivity contribution is 7.15. The van der Waals surface area contributed by atoms with Crippen molar-refractivity contribution in [2.24, 2.45) is 0 Å². The average molecular weight is 296 g/mol. The molecule has 0 fully saturated rings. The lowest BCUT2D eigenvalue weighted by atomic mass is 10.2. The van der Waals surface area contributed by atoms with Crippen molar-refractivity contribution in [2.75, 3.05) is 5.32 Å². The van der Waals surface area contributed by atoms with E-state index in [1.165, 1.54) is 11.3 Å². The Bertz CT molecular complexity index is 588. The molecule has 7 heteroatoms. The monoisotopic (exact) mass is 296 g/mol. The molecule has 0 atom stereocenters. The van der Waals surface area contributed by atoms with Crippen molar-refractivity contribution in [3.05, 3.63) is 20.6 Å². The first kappa shape index (κ1) is 14.1. The molecule has 0 unspecified atom stereocenters. The van der Waals surface area contributed by atoms with E-state index >= 15 is 0 Å². The van der Waals surface area contributed by atoms with Crippen LogP contribution in [-0.2, 0) is 11.2 Å². The van der Waals surface area contributed by atoms with Crippen LogP contribution < -0.4 is 5.32 Å². The fourth-order valence-corrected chi connectivity index (χ4v) is 3.26. The molecule has 19 heavy (non-hydrogen) atoms. The predicted octanol–water partition coefficient (Wildman–Crippen LogP) is 2.92. The standard InChI is InChI=1S/C12H16N4OS2/c1-6(2)11-15-16-12(19-11)14-10(17)5-9-7(3)13-8(4)18-9/h6H,5H2,1-4H3,(H,14,16,17). The number of aryl methyl sites for hydroxylation is 2. The summed E-state index contributed by atoms with van der Waals surface area (Å²) in [4.78, 5) is 17.2. The molecule has 2 aromatic heterocycles. The van der Waals surface area contributed by atoms with Crippen LogP contribution in [0.3, 0.4) is 0 Å². The highest BCUT2D eigenvalue weighted by atomic mass is 32.1. The van der Waals surface area contributed by atoms with Crippen LogP contribution in [-0.4, -0.2) is 21.1 Å². The number of nitrogens with zero attached hydrogens (tertiary/aromatic N) is 3. The number of hydrogen-bond acceptors (Lipinski definition) is 6. The lowest BCUT2D eigenvalue weighted by Gasteiger charge is -1.99. The second-order valence-corrected chi connectivity index (χ2v) is 6.86. The minimum Gasteiger partial charge on any atom is -0.300 e. The van der Waals surface area contributed by atoms with Gasteiger partial charge in [-0.25, -0.2) is 4.98 Å². The van der Waals surface area contributed by atoms with Crippen molar-refractivity contribution >= 4 is 33.7 Å². The molecule has 0 saturated heterocycles. The van der Waals surface area contributed by atoms with Gasteiger partial charge in [-0.2, -0.15) is 0 Å². The number of hydrogen-bond donors (Lipinski definition) is 1. The highest BCUT2D eigenvalue weighted by Crippen LogP contribution is 2.23. The van der Waals surface area contributed by atoms with E-state index in [1.807, 2.05) is 13.8 Å². The summed E-state index contributed by atoms with van der Waals surface area (Å²) in [5.74, 6) is 0.257. The first-order valence-corrected chi connectivity index (χ1v) is 7.65. The first-order chi connectivity index (χ1) is 8.95. The fourth-order valence-electron chi connectivity index (χ4n) is 1.57. The van der Waals surface area contributed by atoms with E-state index in [0.29, 0.717) is 17.5 Å². The lowest BCUT2D eigenvalue weighted by molar-refractivity contribution is -0.115. The van der Waals surface area contributed by atoms with E-state index in [0.717, 1.165) is 20.6 Å². The van der Waals surface area contributed by atoms with E-state index in [9.17, 15) is 4.79 Å². The topological polar surface area (TPSA) is 67.8 Å². The number of amides is 1. The van der Waals surface area contributed by atoms with Gasteiger partial charge in [0.2, 0.25) is 11.0 Å². The molecule has 0 aliphatic rings. The Morgan fingerprint density at radius 1 is 1.26 bits per heavy atom. The van der Waals surface area contributed by atoms with E-state index in [4.69, 9.17) is 0 Å². The molecule has 0 aliphatic carbocycles. The van der Waals surface area contributed by atoms with Gasteiger partial charge in [0.05, 0.1) is 17.1 Å². The summed E-state index contributed by atoms with van der Waals surface area (Å²) >= 11 is 2.98. The number of carbonyl (C=O) groups excluding carboxylic acids is 1. The van der Waals surface area contributed by atoms with Crippen molar-refractivity contribution in [1.82, 2.24) is 15.2 Å². The molecule has 0 spiro atoms. The molecular formula is C12H16N4OS2. The summed E-state index contributed by atoms with van der Waals surface area (Å²) in [5, 5.41) is 13.3. The normalized spacial score (nSPS) is 11.0. The van der Waals surface area contributed by atoms with Crippen LogP contribution >= 0.6 is 22.7 Å². The van der Waals surface area contributed by atoms with E-state index in [2.05, 4.69) is 34.3 Å². The SMILES string of the molecule is Cc1nc(C)c(CC(=O)Nc2nnc(C(C)C)s2)s1. The largest absolute Gasteiger partial charge is 0.300 e. The number of aromatic nitrogens is 3. The van der Waals surface area contributed by atoms with Gasteiger partial charge in [-0.3, -0.25) is 4.79 Å². The Morgan fingerprint density at radius 2 is 2.00 bits per heavy atom. The summed E-state index contributed by atoms with van der Waals surface area (Å²) < 4.78 is 0. The van der Waals surface area contributed by atoms with Crippen LogP contribution in [0.5, 0.6) is 0 Å². The number of nitrogens with one attached hydrogen (secondary N) is 1. The fraction of sp³-hybridized carbons (Fsp3) is 0.500. The third kappa shape index (κ3) is 3.57. The third-order valence-electron chi connectivity index (χ3n) is 2.50. The zero-order chi connectivity index (χ0) is 14.0. The summed E-state index contributed by atoms with van der Waals surface area (Å²) in [5.41, 5.74) is 0.929. The molecule has 1 N–H and O–H groups in total. The van der Waals surface area contributed by atoms with Crippen molar-refractivity contribution in [2.45, 2.75) is 40.0 Å². The summed E-state index contributed by atoms with van der Waals surface area (Å²) in [7, 11) is 0. The van der Waals surface area contributed by atoms with Gasteiger partial charge < -0.3 is 5.32 Å². The van der Waals surface area contributed by atoms with Gasteiger partial charge in [0.25, 0.3) is 0 Å². The third-order valence-corrected chi connectivity index (χ3v) is 4.71. The van der Waals surface area contributed by atoms with Crippen LogP contribution in [0.15, 0.2) is 0 Å². The Morgan fingerprint density at radius 3 is 2.53 bits per heavy atom. The van der Waals surface area contributed by atoms with Crippen molar-refractivity contribution in [1.29, 1.82) is 0 Å². The van der Waals surface area contributed by atoms with Gasteiger partial charge in [0.15, 0.2) is 0 Å². The molecule has 2 aromatic rings. The van der Waals surface area contributed by atoms with Gasteiger partial charge in [0, 0.05) is 10.8 Å². The second kappa shape index (κ2) is 5.75. The Balaban J connectivity index is 1.99. The Kier molecular flexibility index (Phi) is 4.26. The molecule has 0 bridgehead atoms. The summed E-state index contributed by atoms with van der Waals surface area (Å²) in [6.07, 6.45) is 0.341. The second-order valence-electron chi connectivity index (χ2n) is 4.57. The van der Waals surface area contributed by atoms with Crippen molar-refractivity contribution in [3.8, 4) is 0 Å². The number of anilines is 1. The minimum absolute atomic E-state index is 0.0711. The maximum atomic E-state index is 11.9. The zero-order valence-electron chi connectivity index (χ0n) is 11.4. The smallest absolute Gasteiger partial charge is 0.231 e. The molecule has 2 rings (SSSR count). The number of carbonyl (C=O) groups is 1. The Labute approximate surface area is 120 Å². The van der Waals surface area contributed by atoms with Crippen LogP contribution in [0.4, 0.5) is 5.13 Å². The molecule has 1 amide bonds. The summed E-state index contributed by atoms with van der Waals surface area (Å²) in [6, 6.07) is 0. The van der Waals surface area contributed by atoms with Gasteiger partial charge >= 0.3 is 0 Å². The highest BCUT2D eigenvalue weighted by Gasteiger charge is 2.13. The minimum atomic E-state index is -0.0711. The maximum Gasteiger partial charge on any atom is 0.231 e. The molecular weight excluding hydrogens is 280 g/mol. The van der Waals surface area contributed by atoms with Crippen LogP contribution in [0, 0.1) is 13.8 Å². The molecule has 0 aromatic carbocycles. The molecule has 5 nitrogen and oxygen atoms in total. The molecule has 0 aliphatic heterocycles. The van der Waals surface area contributed by atoms with Crippen LogP contribution in [0.25, 0.3) is 0 Å². The van der Waals surface area contributed by atoms with Gasteiger partial charge in [-0.15, -0.1) is 21.5 Å². The molecule has 0 radical (unpaired) electrons. The number of thiazole rings is 1. The maximum absolute atomic E-state index is 11.9. The molecule has 102 valence electrons. The molecule has 2 heterocycles. The van der Waals surface area contributed by atoms with E-state index < -0.39 is 0 Å². The van der Waals surface area contributed by atoms with E-state index in [-0.39, 0.29) is 5.91 Å². The van der Waals surface area contributed by atoms with Gasteiger partial charge in [0.1, 0.15) is 5.01 Å². The summed E-state index contributed by atoms with van der Waals surface area (Å²) in [6.45, 7) is 7.97.